The van der Waals surface area contributed by atoms with Gasteiger partial charge in [-0.3, -0.25) is 14.4 Å². The van der Waals surface area contributed by atoms with E-state index in [1.165, 1.54) is 205 Å². The van der Waals surface area contributed by atoms with Crippen LogP contribution in [0.3, 0.4) is 0 Å². The van der Waals surface area contributed by atoms with Gasteiger partial charge in [0.05, 0.1) is 0 Å². The number of esters is 3. The van der Waals surface area contributed by atoms with Crippen LogP contribution in [0.25, 0.3) is 0 Å². The Balaban J connectivity index is 4.25. The molecule has 1 atom stereocenters. The number of carbonyl (C=O) groups is 3. The fourth-order valence-corrected chi connectivity index (χ4v) is 9.26. The lowest BCUT2D eigenvalue weighted by atomic mass is 10.0. The number of carbonyl (C=O) groups excluding carboxylic acids is 3. The summed E-state index contributed by atoms with van der Waals surface area (Å²) in [5.41, 5.74) is 0. The van der Waals surface area contributed by atoms with Crippen LogP contribution >= 0.6 is 0 Å². The zero-order chi connectivity index (χ0) is 52.2. The van der Waals surface area contributed by atoms with Crippen molar-refractivity contribution in [2.75, 3.05) is 13.2 Å². The van der Waals surface area contributed by atoms with E-state index in [-0.39, 0.29) is 31.1 Å². The van der Waals surface area contributed by atoms with E-state index < -0.39 is 6.10 Å². The standard InChI is InChI=1S/C66H120O6/c1-4-7-10-13-16-19-22-24-26-28-30-31-32-33-34-36-37-39-41-44-47-50-53-56-59-65(68)71-62-63(61-70-64(67)58-55-52-49-46-43-21-18-15-12-9-6-3)72-66(69)60-57-54-51-48-45-42-40-38-35-29-27-25-23-20-17-14-11-8-5-2/h15,17-18,20,25,27,35,38,63H,4-14,16,19,21-24,26,28-34,36-37,39-62H2,1-3H3/b18-15-,20-17-,27-25-,38-35-. The zero-order valence-electron chi connectivity index (χ0n) is 48.2. The molecule has 0 aromatic carbocycles. The Hall–Kier alpha value is -2.63. The fraction of sp³-hybridized carbons (Fsp3) is 0.833. The molecule has 0 aliphatic heterocycles. The van der Waals surface area contributed by atoms with Crippen molar-refractivity contribution < 1.29 is 28.6 Å². The zero-order valence-corrected chi connectivity index (χ0v) is 48.2. The summed E-state index contributed by atoms with van der Waals surface area (Å²) in [4.78, 5) is 38.2. The van der Waals surface area contributed by atoms with Gasteiger partial charge in [-0.15, -0.1) is 0 Å². The molecule has 0 aliphatic carbocycles. The van der Waals surface area contributed by atoms with E-state index in [9.17, 15) is 14.4 Å². The third kappa shape index (κ3) is 58.3. The van der Waals surface area contributed by atoms with E-state index in [0.717, 1.165) is 89.9 Å². The lowest BCUT2D eigenvalue weighted by Crippen LogP contribution is -2.30. The number of ether oxygens (including phenoxy) is 3. The average Bonchev–Trinajstić information content (AvgIpc) is 3.38. The van der Waals surface area contributed by atoms with Crippen LogP contribution in [0.5, 0.6) is 0 Å². The average molecular weight is 1010 g/mol. The first-order valence-electron chi connectivity index (χ1n) is 31.6. The maximum atomic E-state index is 12.9. The Morgan fingerprint density at radius 1 is 0.278 bits per heavy atom. The van der Waals surface area contributed by atoms with Crippen molar-refractivity contribution in [1.29, 1.82) is 0 Å². The summed E-state index contributed by atoms with van der Waals surface area (Å²) >= 11 is 0. The molecule has 0 bridgehead atoms. The van der Waals surface area contributed by atoms with Gasteiger partial charge in [-0.2, -0.15) is 0 Å². The molecule has 0 heterocycles. The van der Waals surface area contributed by atoms with Gasteiger partial charge in [0.15, 0.2) is 6.10 Å². The fourth-order valence-electron chi connectivity index (χ4n) is 9.26. The first-order valence-corrected chi connectivity index (χ1v) is 31.6. The van der Waals surface area contributed by atoms with Crippen molar-refractivity contribution in [3.8, 4) is 0 Å². The lowest BCUT2D eigenvalue weighted by Gasteiger charge is -2.18. The molecular weight excluding hydrogens is 889 g/mol. The summed E-state index contributed by atoms with van der Waals surface area (Å²) in [6.07, 6.45) is 75.5. The van der Waals surface area contributed by atoms with Crippen molar-refractivity contribution in [3.63, 3.8) is 0 Å². The highest BCUT2D eigenvalue weighted by molar-refractivity contribution is 5.71. The topological polar surface area (TPSA) is 78.9 Å². The van der Waals surface area contributed by atoms with Gasteiger partial charge in [-0.1, -0.05) is 288 Å². The Morgan fingerprint density at radius 2 is 0.514 bits per heavy atom. The van der Waals surface area contributed by atoms with Crippen molar-refractivity contribution >= 4 is 17.9 Å². The molecule has 0 N–H and O–H groups in total. The number of hydrogen-bond acceptors (Lipinski definition) is 6. The molecule has 0 fully saturated rings. The highest BCUT2D eigenvalue weighted by atomic mass is 16.6. The summed E-state index contributed by atoms with van der Waals surface area (Å²) in [6, 6.07) is 0. The molecule has 1 unspecified atom stereocenters. The molecule has 0 radical (unpaired) electrons. The Bertz CT molecular complexity index is 1250. The molecule has 0 aliphatic rings. The van der Waals surface area contributed by atoms with Crippen LogP contribution < -0.4 is 0 Å². The van der Waals surface area contributed by atoms with Crippen LogP contribution in [-0.2, 0) is 28.6 Å². The second kappa shape index (κ2) is 60.9. The van der Waals surface area contributed by atoms with E-state index in [2.05, 4.69) is 69.4 Å². The van der Waals surface area contributed by atoms with E-state index in [1.807, 2.05) is 0 Å². The molecule has 0 rings (SSSR count). The van der Waals surface area contributed by atoms with Crippen LogP contribution in [0.2, 0.25) is 0 Å². The predicted molar refractivity (Wildman–Crippen MR) is 312 cm³/mol. The van der Waals surface area contributed by atoms with E-state index in [1.54, 1.807) is 0 Å². The second-order valence-electron chi connectivity index (χ2n) is 21.3. The minimum absolute atomic E-state index is 0.0780. The highest BCUT2D eigenvalue weighted by Crippen LogP contribution is 2.17. The van der Waals surface area contributed by atoms with Gasteiger partial charge in [-0.25, -0.2) is 0 Å². The summed E-state index contributed by atoms with van der Waals surface area (Å²) in [5.74, 6) is -0.883. The molecule has 0 saturated heterocycles. The molecular formula is C66H120O6. The maximum Gasteiger partial charge on any atom is 0.306 e. The lowest BCUT2D eigenvalue weighted by molar-refractivity contribution is -0.167. The van der Waals surface area contributed by atoms with Crippen LogP contribution in [0.15, 0.2) is 48.6 Å². The van der Waals surface area contributed by atoms with Crippen molar-refractivity contribution in [2.45, 2.75) is 341 Å². The van der Waals surface area contributed by atoms with E-state index in [4.69, 9.17) is 14.2 Å². The largest absolute Gasteiger partial charge is 0.462 e. The highest BCUT2D eigenvalue weighted by Gasteiger charge is 2.19. The van der Waals surface area contributed by atoms with Gasteiger partial charge in [0.2, 0.25) is 0 Å². The number of unbranched alkanes of at least 4 members (excludes halogenated alkanes) is 39. The molecule has 6 heteroatoms. The SMILES string of the molecule is CCCC/C=C\CCCCCCCC(=O)OCC(COC(=O)CCCCCCCCCCCCCCCCCCCCCCCCCC)OC(=O)CCCCCCCC/C=C\C/C=C\C/C=C\CCCCC. The summed E-state index contributed by atoms with van der Waals surface area (Å²) in [7, 11) is 0. The van der Waals surface area contributed by atoms with Crippen LogP contribution in [-0.4, -0.2) is 37.2 Å². The first-order chi connectivity index (χ1) is 35.5. The molecule has 0 spiro atoms. The van der Waals surface area contributed by atoms with Crippen molar-refractivity contribution in [2.24, 2.45) is 0 Å². The summed E-state index contributed by atoms with van der Waals surface area (Å²) in [6.45, 7) is 6.60. The molecule has 0 saturated carbocycles. The molecule has 0 aromatic rings. The maximum absolute atomic E-state index is 12.9. The van der Waals surface area contributed by atoms with Gasteiger partial charge in [-0.05, 0) is 77.0 Å². The quantitative estimate of drug-likeness (QED) is 0.0261. The van der Waals surface area contributed by atoms with Crippen LogP contribution in [0.1, 0.15) is 335 Å². The summed E-state index contributed by atoms with van der Waals surface area (Å²) in [5, 5.41) is 0. The Morgan fingerprint density at radius 3 is 0.861 bits per heavy atom. The third-order valence-corrected chi connectivity index (χ3v) is 14.1. The van der Waals surface area contributed by atoms with Gasteiger partial charge < -0.3 is 14.2 Å². The Kier molecular flexibility index (Phi) is 58.7. The summed E-state index contributed by atoms with van der Waals surface area (Å²) < 4.78 is 16.9. The van der Waals surface area contributed by atoms with E-state index >= 15 is 0 Å². The van der Waals surface area contributed by atoms with E-state index in [0.29, 0.717) is 19.3 Å². The molecule has 6 nitrogen and oxygen atoms in total. The minimum Gasteiger partial charge on any atom is -0.462 e. The predicted octanol–water partition coefficient (Wildman–Crippen LogP) is 21.4. The van der Waals surface area contributed by atoms with Crippen LogP contribution in [0, 0.1) is 0 Å². The molecule has 0 aromatic heterocycles. The normalized spacial score (nSPS) is 12.3. The van der Waals surface area contributed by atoms with Gasteiger partial charge in [0.1, 0.15) is 13.2 Å². The van der Waals surface area contributed by atoms with Crippen LogP contribution in [0.4, 0.5) is 0 Å². The number of hydrogen-bond donors (Lipinski definition) is 0. The van der Waals surface area contributed by atoms with Gasteiger partial charge in [0, 0.05) is 19.3 Å². The smallest absolute Gasteiger partial charge is 0.306 e. The minimum atomic E-state index is -0.782. The third-order valence-electron chi connectivity index (χ3n) is 14.1. The number of allylic oxidation sites excluding steroid dienone is 8. The second-order valence-corrected chi connectivity index (χ2v) is 21.3. The van der Waals surface area contributed by atoms with Crippen molar-refractivity contribution in [3.05, 3.63) is 48.6 Å². The molecule has 0 amide bonds. The van der Waals surface area contributed by atoms with Gasteiger partial charge in [0.25, 0.3) is 0 Å². The molecule has 72 heavy (non-hydrogen) atoms. The van der Waals surface area contributed by atoms with Crippen molar-refractivity contribution in [1.82, 2.24) is 0 Å². The monoisotopic (exact) mass is 1010 g/mol. The molecule has 420 valence electrons. The first kappa shape index (κ1) is 69.4. The Labute approximate surface area is 448 Å². The van der Waals surface area contributed by atoms with Gasteiger partial charge >= 0.3 is 17.9 Å². The number of rotatable bonds is 58.